The van der Waals surface area contributed by atoms with Crippen LogP contribution in [0.2, 0.25) is 0 Å². The molecular formula is C17H32O2. The van der Waals surface area contributed by atoms with Gasteiger partial charge < -0.3 is 5.11 Å². The largest absolute Gasteiger partial charge is 0.389 e. The van der Waals surface area contributed by atoms with E-state index in [0.29, 0.717) is 6.42 Å². The minimum Gasteiger partial charge on any atom is -0.389 e. The Balaban J connectivity index is 3.25. The number of Topliss-reactive ketones (excluding diaryl/α,β-unsaturated/α-hetero) is 1. The molecule has 1 N–H and O–H groups in total. The summed E-state index contributed by atoms with van der Waals surface area (Å²) in [6.45, 7) is 3.81. The minimum atomic E-state index is -0.371. The van der Waals surface area contributed by atoms with Crippen molar-refractivity contribution < 1.29 is 9.90 Å². The second-order valence-electron chi connectivity index (χ2n) is 5.52. The van der Waals surface area contributed by atoms with Gasteiger partial charge in [-0.25, -0.2) is 0 Å². The first-order chi connectivity index (χ1) is 9.16. The van der Waals surface area contributed by atoms with Crippen LogP contribution >= 0.6 is 0 Å². The van der Waals surface area contributed by atoms with Gasteiger partial charge in [-0.15, -0.1) is 0 Å². The van der Waals surface area contributed by atoms with Crippen LogP contribution in [0, 0.1) is 0 Å². The van der Waals surface area contributed by atoms with Gasteiger partial charge in [0.15, 0.2) is 0 Å². The SMILES string of the molecule is CCCCCCCCCCC[C@H](O)/C=C/CC(C)=O. The molecule has 0 aromatic carbocycles. The molecule has 0 aliphatic carbocycles. The lowest BCUT2D eigenvalue weighted by Gasteiger charge is -2.05. The fraction of sp³-hybridized carbons (Fsp3) is 0.824. The van der Waals surface area contributed by atoms with Crippen LogP contribution in [-0.2, 0) is 4.79 Å². The van der Waals surface area contributed by atoms with Crippen molar-refractivity contribution in [3.05, 3.63) is 12.2 Å². The highest BCUT2D eigenvalue weighted by molar-refractivity contribution is 5.76. The number of allylic oxidation sites excluding steroid dienone is 1. The van der Waals surface area contributed by atoms with E-state index in [2.05, 4.69) is 6.92 Å². The zero-order chi connectivity index (χ0) is 14.3. The molecule has 0 amide bonds. The number of aliphatic hydroxyl groups is 1. The Kier molecular flexibility index (Phi) is 13.3. The first-order valence-electron chi connectivity index (χ1n) is 8.01. The summed E-state index contributed by atoms with van der Waals surface area (Å²) in [5, 5.41) is 9.66. The van der Waals surface area contributed by atoms with E-state index in [1.165, 1.54) is 51.4 Å². The lowest BCUT2D eigenvalue weighted by molar-refractivity contribution is -0.116. The highest BCUT2D eigenvalue weighted by Crippen LogP contribution is 2.11. The lowest BCUT2D eigenvalue weighted by atomic mass is 10.0. The van der Waals surface area contributed by atoms with Crippen molar-refractivity contribution in [1.82, 2.24) is 0 Å². The van der Waals surface area contributed by atoms with E-state index in [4.69, 9.17) is 0 Å². The van der Waals surface area contributed by atoms with Crippen molar-refractivity contribution in [2.24, 2.45) is 0 Å². The van der Waals surface area contributed by atoms with Gasteiger partial charge in [-0.05, 0) is 13.3 Å². The van der Waals surface area contributed by atoms with Crippen LogP contribution in [0.1, 0.15) is 84.5 Å². The smallest absolute Gasteiger partial charge is 0.133 e. The van der Waals surface area contributed by atoms with E-state index < -0.39 is 0 Å². The van der Waals surface area contributed by atoms with Crippen molar-refractivity contribution in [2.45, 2.75) is 90.6 Å². The summed E-state index contributed by atoms with van der Waals surface area (Å²) >= 11 is 0. The predicted molar refractivity (Wildman–Crippen MR) is 82.3 cm³/mol. The zero-order valence-corrected chi connectivity index (χ0v) is 12.9. The molecule has 0 aliphatic heterocycles. The van der Waals surface area contributed by atoms with E-state index >= 15 is 0 Å². The first kappa shape index (κ1) is 18.4. The van der Waals surface area contributed by atoms with Gasteiger partial charge in [0.1, 0.15) is 5.78 Å². The molecule has 0 saturated heterocycles. The maximum absolute atomic E-state index is 10.7. The van der Waals surface area contributed by atoms with Gasteiger partial charge in [-0.1, -0.05) is 76.9 Å². The molecule has 112 valence electrons. The molecule has 0 saturated carbocycles. The summed E-state index contributed by atoms with van der Waals surface area (Å²) < 4.78 is 0. The Morgan fingerprint density at radius 2 is 1.53 bits per heavy atom. The van der Waals surface area contributed by atoms with Crippen molar-refractivity contribution >= 4 is 5.78 Å². The van der Waals surface area contributed by atoms with Crippen LogP contribution in [0.3, 0.4) is 0 Å². The van der Waals surface area contributed by atoms with Gasteiger partial charge in [-0.3, -0.25) is 4.79 Å². The number of aliphatic hydroxyl groups excluding tert-OH is 1. The van der Waals surface area contributed by atoms with Crippen molar-refractivity contribution in [2.75, 3.05) is 0 Å². The Morgan fingerprint density at radius 1 is 1.00 bits per heavy atom. The molecule has 0 rings (SSSR count). The Bertz CT molecular complexity index is 233. The number of carbonyl (C=O) groups is 1. The third-order valence-corrected chi connectivity index (χ3v) is 3.37. The molecule has 0 spiro atoms. The van der Waals surface area contributed by atoms with Gasteiger partial charge >= 0.3 is 0 Å². The van der Waals surface area contributed by atoms with Gasteiger partial charge in [0, 0.05) is 6.42 Å². The molecule has 0 aromatic heterocycles. The average Bonchev–Trinajstić information content (AvgIpc) is 2.36. The third kappa shape index (κ3) is 15.3. The number of hydrogen-bond acceptors (Lipinski definition) is 2. The summed E-state index contributed by atoms with van der Waals surface area (Å²) in [5.41, 5.74) is 0. The highest BCUT2D eigenvalue weighted by atomic mass is 16.3. The second kappa shape index (κ2) is 13.8. The van der Waals surface area contributed by atoms with Crippen LogP contribution in [0.4, 0.5) is 0 Å². The van der Waals surface area contributed by atoms with Crippen LogP contribution < -0.4 is 0 Å². The van der Waals surface area contributed by atoms with E-state index in [1.54, 1.807) is 19.1 Å². The summed E-state index contributed by atoms with van der Waals surface area (Å²) in [5.74, 6) is 0.145. The lowest BCUT2D eigenvalue weighted by Crippen LogP contribution is -2.01. The summed E-state index contributed by atoms with van der Waals surface area (Å²) in [7, 11) is 0. The molecule has 2 nitrogen and oxygen atoms in total. The summed E-state index contributed by atoms with van der Waals surface area (Å²) in [4.78, 5) is 10.7. The molecule has 0 aliphatic rings. The predicted octanol–water partition coefficient (Wildman–Crippen LogP) is 4.80. The van der Waals surface area contributed by atoms with E-state index in [9.17, 15) is 9.90 Å². The molecule has 0 fully saturated rings. The quantitative estimate of drug-likeness (QED) is 0.385. The number of unbranched alkanes of at least 4 members (excludes halogenated alkanes) is 8. The molecule has 19 heavy (non-hydrogen) atoms. The van der Waals surface area contributed by atoms with Gasteiger partial charge in [0.25, 0.3) is 0 Å². The highest BCUT2D eigenvalue weighted by Gasteiger charge is 1.99. The average molecular weight is 268 g/mol. The van der Waals surface area contributed by atoms with Crippen LogP contribution in [0.25, 0.3) is 0 Å². The van der Waals surface area contributed by atoms with Gasteiger partial charge in [-0.2, -0.15) is 0 Å². The van der Waals surface area contributed by atoms with Gasteiger partial charge in [0.05, 0.1) is 6.10 Å². The van der Waals surface area contributed by atoms with Crippen molar-refractivity contribution in [3.63, 3.8) is 0 Å². The monoisotopic (exact) mass is 268 g/mol. The topological polar surface area (TPSA) is 37.3 Å². The van der Waals surface area contributed by atoms with Crippen LogP contribution in [0.15, 0.2) is 12.2 Å². The van der Waals surface area contributed by atoms with Gasteiger partial charge in [0.2, 0.25) is 0 Å². The molecule has 0 aromatic rings. The molecule has 0 bridgehead atoms. The number of ketones is 1. The molecular weight excluding hydrogens is 236 g/mol. The van der Waals surface area contributed by atoms with E-state index in [1.807, 2.05) is 0 Å². The minimum absolute atomic E-state index is 0.145. The number of hydrogen-bond donors (Lipinski definition) is 1. The maximum Gasteiger partial charge on any atom is 0.133 e. The van der Waals surface area contributed by atoms with E-state index in [-0.39, 0.29) is 11.9 Å². The number of rotatable bonds is 13. The third-order valence-electron chi connectivity index (χ3n) is 3.37. The normalized spacial score (nSPS) is 13.0. The molecule has 0 radical (unpaired) electrons. The van der Waals surface area contributed by atoms with Crippen LogP contribution in [-0.4, -0.2) is 17.0 Å². The molecule has 1 atom stereocenters. The molecule has 2 heteroatoms. The van der Waals surface area contributed by atoms with Crippen molar-refractivity contribution in [1.29, 1.82) is 0 Å². The Hall–Kier alpha value is -0.630. The number of carbonyl (C=O) groups excluding carboxylic acids is 1. The zero-order valence-electron chi connectivity index (χ0n) is 12.9. The fourth-order valence-electron chi connectivity index (χ4n) is 2.15. The fourth-order valence-corrected chi connectivity index (χ4v) is 2.15. The van der Waals surface area contributed by atoms with Crippen LogP contribution in [0.5, 0.6) is 0 Å². The maximum atomic E-state index is 10.7. The molecule has 0 unspecified atom stereocenters. The first-order valence-corrected chi connectivity index (χ1v) is 8.01. The molecule has 0 heterocycles. The summed E-state index contributed by atoms with van der Waals surface area (Å²) in [6.07, 6.45) is 16.2. The Labute approximate surface area is 119 Å². The van der Waals surface area contributed by atoms with Crippen molar-refractivity contribution in [3.8, 4) is 0 Å². The van der Waals surface area contributed by atoms with E-state index in [0.717, 1.165) is 12.8 Å². The second-order valence-corrected chi connectivity index (χ2v) is 5.52. The standard InChI is InChI=1S/C17H32O2/c1-3-4-5-6-7-8-9-10-11-14-17(19)15-12-13-16(2)18/h12,15,17,19H,3-11,13-14H2,1-2H3/b15-12+/t17-/m0/s1. The Morgan fingerprint density at radius 3 is 2.05 bits per heavy atom. The summed E-state index contributed by atoms with van der Waals surface area (Å²) in [6, 6.07) is 0.